The minimum absolute atomic E-state index is 0.0654. The number of nitrogens with one attached hydrogen (secondary N) is 1. The van der Waals surface area contributed by atoms with Crippen molar-refractivity contribution in [2.45, 2.75) is 26.2 Å². The fraction of sp³-hybridized carbons (Fsp3) is 0.385. The van der Waals surface area contributed by atoms with Gasteiger partial charge < -0.3 is 5.32 Å². The van der Waals surface area contributed by atoms with E-state index in [1.54, 1.807) is 11.3 Å². The van der Waals surface area contributed by atoms with Gasteiger partial charge in [0, 0.05) is 39.3 Å². The molecule has 0 unspecified atom stereocenters. The van der Waals surface area contributed by atoms with Crippen LogP contribution in [0.4, 0.5) is 5.82 Å². The average molecular weight is 326 g/mol. The lowest BCUT2D eigenvalue weighted by molar-refractivity contribution is 0.547. The molecular formula is C13H16BrN3S. The van der Waals surface area contributed by atoms with Gasteiger partial charge in [0.05, 0.1) is 5.69 Å². The Morgan fingerprint density at radius 3 is 2.44 bits per heavy atom. The van der Waals surface area contributed by atoms with Crippen LogP contribution in [0.3, 0.4) is 0 Å². The molecule has 0 saturated heterocycles. The van der Waals surface area contributed by atoms with Crippen molar-refractivity contribution < 1.29 is 0 Å². The molecule has 2 rings (SSSR count). The molecule has 1 N–H and O–H groups in total. The summed E-state index contributed by atoms with van der Waals surface area (Å²) in [7, 11) is 1.88. The highest BCUT2D eigenvalue weighted by Gasteiger charge is 2.20. The topological polar surface area (TPSA) is 37.8 Å². The monoisotopic (exact) mass is 325 g/mol. The zero-order valence-electron chi connectivity index (χ0n) is 10.9. The predicted molar refractivity (Wildman–Crippen MR) is 81.3 cm³/mol. The molecule has 18 heavy (non-hydrogen) atoms. The number of nitrogens with zero attached hydrogens (tertiary/aromatic N) is 2. The van der Waals surface area contributed by atoms with Gasteiger partial charge >= 0.3 is 0 Å². The molecule has 96 valence electrons. The summed E-state index contributed by atoms with van der Waals surface area (Å²) < 4.78 is 1.08. The minimum atomic E-state index is -0.0654. The predicted octanol–water partition coefficient (Wildman–Crippen LogP) is 4.31. The van der Waals surface area contributed by atoms with E-state index in [0.29, 0.717) is 0 Å². The van der Waals surface area contributed by atoms with Crippen LogP contribution in [-0.4, -0.2) is 17.0 Å². The Kier molecular flexibility index (Phi) is 3.73. The van der Waals surface area contributed by atoms with E-state index < -0.39 is 0 Å². The van der Waals surface area contributed by atoms with Gasteiger partial charge in [0.1, 0.15) is 11.6 Å². The van der Waals surface area contributed by atoms with E-state index in [4.69, 9.17) is 0 Å². The van der Waals surface area contributed by atoms with E-state index in [-0.39, 0.29) is 5.41 Å². The molecule has 0 aromatic carbocycles. The number of hydrogen-bond donors (Lipinski definition) is 1. The van der Waals surface area contributed by atoms with Gasteiger partial charge in [0.2, 0.25) is 0 Å². The van der Waals surface area contributed by atoms with Crippen molar-refractivity contribution in [1.82, 2.24) is 9.97 Å². The van der Waals surface area contributed by atoms with E-state index in [2.05, 4.69) is 62.7 Å². The van der Waals surface area contributed by atoms with Crippen LogP contribution in [-0.2, 0) is 5.41 Å². The number of rotatable bonds is 2. The number of anilines is 1. The van der Waals surface area contributed by atoms with Crippen LogP contribution in [0.15, 0.2) is 21.3 Å². The maximum atomic E-state index is 4.68. The Hall–Kier alpha value is -0.940. The second-order valence-electron chi connectivity index (χ2n) is 5.10. The van der Waals surface area contributed by atoms with Crippen LogP contribution in [0.1, 0.15) is 26.6 Å². The molecule has 5 heteroatoms. The first-order chi connectivity index (χ1) is 8.41. The molecule has 0 aliphatic rings. The molecule has 0 radical (unpaired) electrons. The Bertz CT molecular complexity index is 558. The number of aromatic nitrogens is 2. The zero-order valence-corrected chi connectivity index (χ0v) is 13.3. The first-order valence-corrected chi connectivity index (χ1v) is 7.45. The Labute approximate surface area is 120 Å². The fourth-order valence-electron chi connectivity index (χ4n) is 1.51. The minimum Gasteiger partial charge on any atom is -0.373 e. The SMILES string of the molecule is CNc1cc(-c2cscc2Br)nc(C(C)(C)C)n1. The molecule has 2 heterocycles. The van der Waals surface area contributed by atoms with E-state index in [1.165, 1.54) is 0 Å². The maximum absolute atomic E-state index is 4.68. The van der Waals surface area contributed by atoms with Gasteiger partial charge in [0.25, 0.3) is 0 Å². The summed E-state index contributed by atoms with van der Waals surface area (Å²) in [5.74, 6) is 1.70. The Balaban J connectivity index is 2.58. The second kappa shape index (κ2) is 4.97. The summed E-state index contributed by atoms with van der Waals surface area (Å²) in [6.07, 6.45) is 0. The third-order valence-electron chi connectivity index (χ3n) is 2.54. The van der Waals surface area contributed by atoms with Crippen molar-refractivity contribution >= 4 is 33.1 Å². The Morgan fingerprint density at radius 2 is 1.94 bits per heavy atom. The number of hydrogen-bond acceptors (Lipinski definition) is 4. The molecule has 2 aromatic heterocycles. The molecule has 2 aromatic rings. The van der Waals surface area contributed by atoms with Crippen LogP contribution in [0.5, 0.6) is 0 Å². The van der Waals surface area contributed by atoms with E-state index in [9.17, 15) is 0 Å². The van der Waals surface area contributed by atoms with E-state index >= 15 is 0 Å². The maximum Gasteiger partial charge on any atom is 0.136 e. The summed E-state index contributed by atoms with van der Waals surface area (Å²) in [6.45, 7) is 6.36. The summed E-state index contributed by atoms with van der Waals surface area (Å²) in [5, 5.41) is 7.26. The summed E-state index contributed by atoms with van der Waals surface area (Å²) in [4.78, 5) is 9.21. The first kappa shape index (κ1) is 13.5. The molecule has 0 spiro atoms. The molecule has 0 aliphatic carbocycles. The number of halogens is 1. The fourth-order valence-corrected chi connectivity index (χ4v) is 3.00. The zero-order chi connectivity index (χ0) is 13.3. The third-order valence-corrected chi connectivity index (χ3v) is 4.25. The average Bonchev–Trinajstić information content (AvgIpc) is 2.73. The molecule has 0 saturated carbocycles. The van der Waals surface area contributed by atoms with Gasteiger partial charge in [-0.3, -0.25) is 0 Å². The summed E-state index contributed by atoms with van der Waals surface area (Å²) in [6, 6.07) is 1.97. The summed E-state index contributed by atoms with van der Waals surface area (Å²) >= 11 is 5.21. The van der Waals surface area contributed by atoms with Crippen molar-refractivity contribution in [3.05, 3.63) is 27.1 Å². The van der Waals surface area contributed by atoms with Crippen LogP contribution in [0, 0.1) is 0 Å². The van der Waals surface area contributed by atoms with Gasteiger partial charge in [-0.25, -0.2) is 9.97 Å². The molecular weight excluding hydrogens is 310 g/mol. The highest BCUT2D eigenvalue weighted by Crippen LogP contribution is 2.32. The van der Waals surface area contributed by atoms with Gasteiger partial charge in [-0.2, -0.15) is 11.3 Å². The van der Waals surface area contributed by atoms with Crippen LogP contribution < -0.4 is 5.32 Å². The molecule has 0 bridgehead atoms. The van der Waals surface area contributed by atoms with Gasteiger partial charge in [-0.15, -0.1) is 0 Å². The lowest BCUT2D eigenvalue weighted by Crippen LogP contribution is -2.17. The quantitative estimate of drug-likeness (QED) is 0.894. The van der Waals surface area contributed by atoms with Crippen LogP contribution in [0.25, 0.3) is 11.3 Å². The molecule has 0 amide bonds. The van der Waals surface area contributed by atoms with Crippen molar-refractivity contribution in [2.75, 3.05) is 12.4 Å². The molecule has 0 aliphatic heterocycles. The van der Waals surface area contributed by atoms with E-state index in [0.717, 1.165) is 27.4 Å². The first-order valence-electron chi connectivity index (χ1n) is 5.71. The largest absolute Gasteiger partial charge is 0.373 e. The highest BCUT2D eigenvalue weighted by molar-refractivity contribution is 9.10. The third kappa shape index (κ3) is 2.72. The second-order valence-corrected chi connectivity index (χ2v) is 6.69. The van der Waals surface area contributed by atoms with Crippen LogP contribution >= 0.6 is 27.3 Å². The standard InChI is InChI=1S/C13H16BrN3S/c1-13(2,3)12-16-10(5-11(15-4)17-12)8-6-18-7-9(8)14/h5-7H,1-4H3,(H,15,16,17). The van der Waals surface area contributed by atoms with Crippen molar-refractivity contribution in [3.63, 3.8) is 0 Å². The number of thiophene rings is 1. The van der Waals surface area contributed by atoms with Crippen molar-refractivity contribution in [2.24, 2.45) is 0 Å². The lowest BCUT2D eigenvalue weighted by atomic mass is 9.95. The van der Waals surface area contributed by atoms with Gasteiger partial charge in [0.15, 0.2) is 0 Å². The molecule has 0 atom stereocenters. The Morgan fingerprint density at radius 1 is 1.22 bits per heavy atom. The highest BCUT2D eigenvalue weighted by atomic mass is 79.9. The summed E-state index contributed by atoms with van der Waals surface area (Å²) in [5.41, 5.74) is 2.00. The molecule has 3 nitrogen and oxygen atoms in total. The van der Waals surface area contributed by atoms with Crippen molar-refractivity contribution in [1.29, 1.82) is 0 Å². The lowest BCUT2D eigenvalue weighted by Gasteiger charge is -2.18. The smallest absolute Gasteiger partial charge is 0.136 e. The normalized spacial score (nSPS) is 11.6. The van der Waals surface area contributed by atoms with E-state index in [1.807, 2.05) is 13.1 Å². The van der Waals surface area contributed by atoms with Gasteiger partial charge in [-0.1, -0.05) is 20.8 Å². The van der Waals surface area contributed by atoms with Gasteiger partial charge in [-0.05, 0) is 15.9 Å². The van der Waals surface area contributed by atoms with Crippen LogP contribution in [0.2, 0.25) is 0 Å². The molecule has 0 fully saturated rings. The van der Waals surface area contributed by atoms with Crippen molar-refractivity contribution in [3.8, 4) is 11.3 Å².